The molecule has 224 valence electrons. The predicted octanol–water partition coefficient (Wildman–Crippen LogP) is 7.49. The van der Waals surface area contributed by atoms with Crippen molar-refractivity contribution in [3.63, 3.8) is 0 Å². The van der Waals surface area contributed by atoms with Crippen molar-refractivity contribution < 1.29 is 19.1 Å². The molecule has 1 aliphatic rings. The average Bonchev–Trinajstić information content (AvgIpc) is 3.80. The lowest BCUT2D eigenvalue weighted by Gasteiger charge is -2.20. The minimum Gasteiger partial charge on any atom is -0.506 e. The predicted molar refractivity (Wildman–Crippen MR) is 176 cm³/mol. The van der Waals surface area contributed by atoms with Gasteiger partial charge in [0.2, 0.25) is 0 Å². The first-order valence-electron chi connectivity index (χ1n) is 14.7. The third-order valence-electron chi connectivity index (χ3n) is 8.65. The van der Waals surface area contributed by atoms with E-state index in [4.69, 9.17) is 16.0 Å². The number of aromatic amines is 2. The van der Waals surface area contributed by atoms with Crippen molar-refractivity contribution in [2.24, 2.45) is 0 Å². The number of carbonyl (C=O) groups is 2. The molecule has 7 rings (SSSR count). The van der Waals surface area contributed by atoms with E-state index in [0.717, 1.165) is 51.6 Å². The Bertz CT molecular complexity index is 2090. The van der Waals surface area contributed by atoms with Crippen LogP contribution in [-0.2, 0) is 0 Å². The van der Waals surface area contributed by atoms with Gasteiger partial charge in [0, 0.05) is 82.8 Å². The van der Waals surface area contributed by atoms with Crippen molar-refractivity contribution in [3.8, 4) is 5.75 Å². The molecule has 0 bridgehead atoms. The number of furan rings is 1. The Morgan fingerprint density at radius 2 is 1.91 bits per heavy atom. The summed E-state index contributed by atoms with van der Waals surface area (Å²) in [5.74, 6) is 0.00689. The second-order valence-electron chi connectivity index (χ2n) is 11.3. The standard InChI is InChI=1S/C34H32ClN5O4/c1-4-39(5-2)23-8-6-19-12-29(44-28(19)13-23)33(42)37-22-7-9-24-20(10-22)11-25(38-24)34(43)40-17-21(15-35)31-26(40)14-27(41)32-30(31)18(3)16-36-32/h6-14,16,21,36,38,41H,4-5,15,17H2,1-3H3,(H,37,42)/t21-/m1/s1. The number of rotatable bonds is 7. The summed E-state index contributed by atoms with van der Waals surface area (Å²) in [6.45, 7) is 8.34. The number of aryl methyl sites for hydroxylation is 1. The molecule has 9 nitrogen and oxygen atoms in total. The molecule has 0 spiro atoms. The van der Waals surface area contributed by atoms with Crippen molar-refractivity contribution in [1.29, 1.82) is 0 Å². The van der Waals surface area contributed by atoms with Crippen LogP contribution in [0.5, 0.6) is 5.75 Å². The second-order valence-corrected chi connectivity index (χ2v) is 11.6. The number of nitrogens with one attached hydrogen (secondary N) is 3. The lowest BCUT2D eigenvalue weighted by Crippen LogP contribution is -2.30. The maximum Gasteiger partial charge on any atom is 0.291 e. The third kappa shape index (κ3) is 4.46. The molecule has 0 aliphatic carbocycles. The van der Waals surface area contributed by atoms with Gasteiger partial charge in [0.15, 0.2) is 5.76 Å². The number of aromatic nitrogens is 2. The Balaban J connectivity index is 1.14. The molecular weight excluding hydrogens is 578 g/mol. The van der Waals surface area contributed by atoms with Crippen LogP contribution >= 0.6 is 11.6 Å². The molecule has 3 aromatic heterocycles. The number of phenolic OH excluding ortho intramolecular Hbond substituents is 1. The quantitative estimate of drug-likeness (QED) is 0.140. The van der Waals surface area contributed by atoms with Crippen LogP contribution in [0, 0.1) is 6.92 Å². The number of alkyl halides is 1. The summed E-state index contributed by atoms with van der Waals surface area (Å²) in [7, 11) is 0. The number of benzene rings is 3. The molecule has 3 aromatic carbocycles. The SMILES string of the molecule is CCN(CC)c1ccc2cc(C(=O)Nc3ccc4[nH]c(C(=O)N5C[C@@H](CCl)c6c5cc(O)c5[nH]cc(C)c65)cc4c3)oc2c1. The van der Waals surface area contributed by atoms with E-state index in [2.05, 4.69) is 34.0 Å². The van der Waals surface area contributed by atoms with Gasteiger partial charge < -0.3 is 34.6 Å². The fourth-order valence-corrected chi connectivity index (χ4v) is 6.68. The minimum atomic E-state index is -0.358. The van der Waals surface area contributed by atoms with E-state index in [1.54, 1.807) is 29.2 Å². The molecule has 10 heteroatoms. The number of carbonyl (C=O) groups excluding carboxylic acids is 2. The molecule has 2 amide bonds. The monoisotopic (exact) mass is 609 g/mol. The Kier molecular flexibility index (Phi) is 6.77. The zero-order valence-corrected chi connectivity index (χ0v) is 25.4. The number of phenols is 1. The Morgan fingerprint density at radius 1 is 1.09 bits per heavy atom. The highest BCUT2D eigenvalue weighted by molar-refractivity contribution is 6.19. The summed E-state index contributed by atoms with van der Waals surface area (Å²) in [5.41, 5.74) is 6.71. The number of nitrogens with zero attached hydrogens (tertiary/aromatic N) is 2. The first-order chi connectivity index (χ1) is 21.3. The highest BCUT2D eigenvalue weighted by Crippen LogP contribution is 2.46. The second kappa shape index (κ2) is 10.7. The maximum absolute atomic E-state index is 13.8. The van der Waals surface area contributed by atoms with Crippen molar-refractivity contribution >= 4 is 73.3 Å². The van der Waals surface area contributed by atoms with Gasteiger partial charge in [0.05, 0.1) is 11.2 Å². The molecule has 44 heavy (non-hydrogen) atoms. The molecule has 4 heterocycles. The van der Waals surface area contributed by atoms with Gasteiger partial charge >= 0.3 is 0 Å². The van der Waals surface area contributed by atoms with Crippen LogP contribution in [0.15, 0.2) is 65.2 Å². The van der Waals surface area contributed by atoms with Gasteiger partial charge in [-0.05, 0) is 74.4 Å². The number of anilines is 3. The third-order valence-corrected chi connectivity index (χ3v) is 9.02. The van der Waals surface area contributed by atoms with E-state index in [9.17, 15) is 14.7 Å². The van der Waals surface area contributed by atoms with Crippen LogP contribution in [0.25, 0.3) is 32.8 Å². The minimum absolute atomic E-state index is 0.0681. The molecule has 0 radical (unpaired) electrons. The van der Waals surface area contributed by atoms with Gasteiger partial charge in [-0.2, -0.15) is 0 Å². The van der Waals surface area contributed by atoms with Gasteiger partial charge in [0.25, 0.3) is 11.8 Å². The molecule has 4 N–H and O–H groups in total. The molecule has 1 atom stereocenters. The van der Waals surface area contributed by atoms with Crippen LogP contribution in [0.4, 0.5) is 17.1 Å². The van der Waals surface area contributed by atoms with Crippen LogP contribution in [0.1, 0.15) is 51.9 Å². The topological polar surface area (TPSA) is 118 Å². The molecular formula is C34H32ClN5O4. The summed E-state index contributed by atoms with van der Waals surface area (Å²) in [4.78, 5) is 37.2. The van der Waals surface area contributed by atoms with Gasteiger partial charge in [-0.15, -0.1) is 11.6 Å². The molecule has 1 aliphatic heterocycles. The fourth-order valence-electron chi connectivity index (χ4n) is 6.42. The zero-order chi connectivity index (χ0) is 30.7. The lowest BCUT2D eigenvalue weighted by molar-refractivity contribution is 0.0981. The number of H-pyrrole nitrogens is 2. The van der Waals surface area contributed by atoms with Crippen molar-refractivity contribution in [2.45, 2.75) is 26.7 Å². The van der Waals surface area contributed by atoms with E-state index >= 15 is 0 Å². The highest BCUT2D eigenvalue weighted by Gasteiger charge is 2.36. The smallest absolute Gasteiger partial charge is 0.291 e. The van der Waals surface area contributed by atoms with Crippen molar-refractivity contribution in [1.82, 2.24) is 9.97 Å². The summed E-state index contributed by atoms with van der Waals surface area (Å²) in [6.07, 6.45) is 1.85. The number of fused-ring (bicyclic) bond motifs is 5. The van der Waals surface area contributed by atoms with Gasteiger partial charge in [-0.25, -0.2) is 0 Å². The number of aromatic hydroxyl groups is 1. The Morgan fingerprint density at radius 3 is 2.68 bits per heavy atom. The first-order valence-corrected chi connectivity index (χ1v) is 15.3. The first kappa shape index (κ1) is 27.9. The van der Waals surface area contributed by atoms with Gasteiger partial charge in [-0.3, -0.25) is 9.59 Å². The number of hydrogen-bond donors (Lipinski definition) is 4. The summed E-state index contributed by atoms with van der Waals surface area (Å²) in [5, 5.41) is 16.2. The van der Waals surface area contributed by atoms with Crippen LogP contribution in [-0.4, -0.2) is 52.4 Å². The van der Waals surface area contributed by atoms with Gasteiger partial charge in [-0.1, -0.05) is 0 Å². The molecule has 0 unspecified atom stereocenters. The normalized spacial score (nSPS) is 14.5. The van der Waals surface area contributed by atoms with Crippen molar-refractivity contribution in [3.05, 3.63) is 83.4 Å². The zero-order valence-electron chi connectivity index (χ0n) is 24.6. The van der Waals surface area contributed by atoms with E-state index in [1.165, 1.54) is 0 Å². The number of halogens is 1. The summed E-state index contributed by atoms with van der Waals surface area (Å²) in [6, 6.07) is 16.5. The summed E-state index contributed by atoms with van der Waals surface area (Å²) < 4.78 is 5.92. The Labute approximate surface area is 258 Å². The number of hydrogen-bond acceptors (Lipinski definition) is 5. The Hall–Kier alpha value is -4.89. The van der Waals surface area contributed by atoms with Crippen LogP contribution < -0.4 is 15.1 Å². The molecule has 0 saturated heterocycles. The lowest BCUT2D eigenvalue weighted by atomic mass is 9.97. The van der Waals surface area contributed by atoms with Crippen LogP contribution in [0.3, 0.4) is 0 Å². The van der Waals surface area contributed by atoms with E-state index < -0.39 is 0 Å². The largest absolute Gasteiger partial charge is 0.506 e. The highest BCUT2D eigenvalue weighted by atomic mass is 35.5. The van der Waals surface area contributed by atoms with Crippen LogP contribution in [0.2, 0.25) is 0 Å². The van der Waals surface area contributed by atoms with Crippen molar-refractivity contribution in [2.75, 3.05) is 40.6 Å². The van der Waals surface area contributed by atoms with E-state index in [0.29, 0.717) is 40.6 Å². The fraction of sp³-hybridized carbons (Fsp3) is 0.235. The van der Waals surface area contributed by atoms with E-state index in [1.807, 2.05) is 43.5 Å². The summed E-state index contributed by atoms with van der Waals surface area (Å²) >= 11 is 6.37. The maximum atomic E-state index is 13.8. The molecule has 6 aromatic rings. The van der Waals surface area contributed by atoms with Gasteiger partial charge in [0.1, 0.15) is 17.0 Å². The number of amides is 2. The molecule has 0 fully saturated rings. The average molecular weight is 610 g/mol. The molecule has 0 saturated carbocycles. The van der Waals surface area contributed by atoms with E-state index in [-0.39, 0.29) is 29.2 Å².